The second kappa shape index (κ2) is 7.24. The minimum atomic E-state index is -4.00. The van der Waals surface area contributed by atoms with E-state index in [2.05, 4.69) is 12.2 Å². The van der Waals surface area contributed by atoms with Crippen molar-refractivity contribution in [1.82, 2.24) is 5.32 Å². The van der Waals surface area contributed by atoms with E-state index in [0.717, 1.165) is 13.0 Å². The highest BCUT2D eigenvalue weighted by Crippen LogP contribution is 2.31. The zero-order valence-corrected chi connectivity index (χ0v) is 10.7. The van der Waals surface area contributed by atoms with Crippen molar-refractivity contribution in [2.45, 2.75) is 70.5 Å². The molecule has 1 aliphatic rings. The number of hydrogen-bond acceptors (Lipinski definition) is 1. The van der Waals surface area contributed by atoms with Crippen molar-refractivity contribution in [3.05, 3.63) is 0 Å². The molecule has 0 aliphatic heterocycles. The first kappa shape index (κ1) is 14.8. The lowest BCUT2D eigenvalue weighted by Crippen LogP contribution is -2.35. The van der Waals surface area contributed by atoms with E-state index in [4.69, 9.17) is 0 Å². The molecule has 0 aromatic carbocycles. The topological polar surface area (TPSA) is 12.0 Å². The SMILES string of the molecule is CCCNC(CCCC(F)(F)F)C1CCCC1. The summed E-state index contributed by atoms with van der Waals surface area (Å²) < 4.78 is 36.3. The monoisotopic (exact) mass is 251 g/mol. The second-order valence-corrected chi connectivity index (χ2v) is 5.11. The van der Waals surface area contributed by atoms with Gasteiger partial charge in [0.25, 0.3) is 0 Å². The first-order chi connectivity index (χ1) is 8.03. The van der Waals surface area contributed by atoms with Gasteiger partial charge in [-0.1, -0.05) is 19.8 Å². The predicted octanol–water partition coefficient (Wildman–Crippen LogP) is 4.28. The molecule has 102 valence electrons. The summed E-state index contributed by atoms with van der Waals surface area (Å²) in [4.78, 5) is 0. The van der Waals surface area contributed by atoms with E-state index < -0.39 is 12.6 Å². The van der Waals surface area contributed by atoms with Crippen molar-refractivity contribution < 1.29 is 13.2 Å². The van der Waals surface area contributed by atoms with Gasteiger partial charge >= 0.3 is 6.18 Å². The van der Waals surface area contributed by atoms with Crippen LogP contribution in [0.15, 0.2) is 0 Å². The molecule has 1 aliphatic carbocycles. The molecular formula is C13H24F3N. The molecule has 0 saturated heterocycles. The van der Waals surface area contributed by atoms with E-state index in [9.17, 15) is 13.2 Å². The van der Waals surface area contributed by atoms with Gasteiger partial charge in [-0.2, -0.15) is 13.2 Å². The Hall–Kier alpha value is -0.250. The fourth-order valence-corrected chi connectivity index (χ4v) is 2.72. The highest BCUT2D eigenvalue weighted by molar-refractivity contribution is 4.80. The van der Waals surface area contributed by atoms with E-state index in [1.165, 1.54) is 25.7 Å². The van der Waals surface area contributed by atoms with Gasteiger partial charge in [-0.15, -0.1) is 0 Å². The number of nitrogens with one attached hydrogen (secondary N) is 1. The third-order valence-electron chi connectivity index (χ3n) is 3.60. The van der Waals surface area contributed by atoms with Crippen LogP contribution in [0.1, 0.15) is 58.3 Å². The van der Waals surface area contributed by atoms with E-state index in [-0.39, 0.29) is 6.42 Å². The van der Waals surface area contributed by atoms with Crippen LogP contribution < -0.4 is 5.32 Å². The van der Waals surface area contributed by atoms with Crippen LogP contribution in [0, 0.1) is 5.92 Å². The third-order valence-corrected chi connectivity index (χ3v) is 3.60. The molecule has 0 amide bonds. The molecular weight excluding hydrogens is 227 g/mol. The lowest BCUT2D eigenvalue weighted by molar-refractivity contribution is -0.136. The van der Waals surface area contributed by atoms with Crippen molar-refractivity contribution in [1.29, 1.82) is 0 Å². The van der Waals surface area contributed by atoms with Crippen LogP contribution in [-0.4, -0.2) is 18.8 Å². The summed E-state index contributed by atoms with van der Waals surface area (Å²) in [6.45, 7) is 3.02. The molecule has 0 spiro atoms. The Balaban J connectivity index is 2.29. The Bertz CT molecular complexity index is 197. The van der Waals surface area contributed by atoms with Gasteiger partial charge in [0.05, 0.1) is 0 Å². The zero-order chi connectivity index (χ0) is 12.7. The van der Waals surface area contributed by atoms with Crippen molar-refractivity contribution in [3.8, 4) is 0 Å². The van der Waals surface area contributed by atoms with Crippen molar-refractivity contribution in [3.63, 3.8) is 0 Å². The fourth-order valence-electron chi connectivity index (χ4n) is 2.72. The molecule has 0 heterocycles. The predicted molar refractivity (Wildman–Crippen MR) is 63.9 cm³/mol. The lowest BCUT2D eigenvalue weighted by atomic mass is 9.93. The van der Waals surface area contributed by atoms with E-state index in [0.29, 0.717) is 18.4 Å². The summed E-state index contributed by atoms with van der Waals surface area (Å²) >= 11 is 0. The number of alkyl halides is 3. The molecule has 4 heteroatoms. The van der Waals surface area contributed by atoms with Gasteiger partial charge in [0.2, 0.25) is 0 Å². The fraction of sp³-hybridized carbons (Fsp3) is 1.00. The quantitative estimate of drug-likeness (QED) is 0.712. The van der Waals surface area contributed by atoms with Gasteiger partial charge in [-0.05, 0) is 44.6 Å². The molecule has 17 heavy (non-hydrogen) atoms. The molecule has 1 rings (SSSR count). The Morgan fingerprint density at radius 3 is 2.41 bits per heavy atom. The van der Waals surface area contributed by atoms with Crippen LogP contribution >= 0.6 is 0 Å². The Labute approximate surface area is 102 Å². The molecule has 1 atom stereocenters. The van der Waals surface area contributed by atoms with Gasteiger partial charge in [-0.3, -0.25) is 0 Å². The van der Waals surface area contributed by atoms with Crippen LogP contribution in [0.5, 0.6) is 0 Å². The largest absolute Gasteiger partial charge is 0.389 e. The maximum Gasteiger partial charge on any atom is 0.389 e. The Kier molecular flexibility index (Phi) is 6.31. The second-order valence-electron chi connectivity index (χ2n) is 5.11. The van der Waals surface area contributed by atoms with Crippen LogP contribution in [-0.2, 0) is 0 Å². The third kappa shape index (κ3) is 6.29. The summed E-state index contributed by atoms with van der Waals surface area (Å²) in [6.07, 6.45) is 2.21. The lowest BCUT2D eigenvalue weighted by Gasteiger charge is -2.25. The van der Waals surface area contributed by atoms with E-state index in [1.54, 1.807) is 0 Å². The summed E-state index contributed by atoms with van der Waals surface area (Å²) in [5.41, 5.74) is 0. The zero-order valence-electron chi connectivity index (χ0n) is 10.7. The minimum Gasteiger partial charge on any atom is -0.314 e. The first-order valence-electron chi connectivity index (χ1n) is 6.83. The van der Waals surface area contributed by atoms with Crippen LogP contribution in [0.3, 0.4) is 0 Å². The average molecular weight is 251 g/mol. The Morgan fingerprint density at radius 1 is 1.24 bits per heavy atom. The molecule has 0 aromatic rings. The Morgan fingerprint density at radius 2 is 1.88 bits per heavy atom. The van der Waals surface area contributed by atoms with Gasteiger partial charge < -0.3 is 5.32 Å². The van der Waals surface area contributed by atoms with Crippen LogP contribution in [0.25, 0.3) is 0 Å². The van der Waals surface area contributed by atoms with Crippen molar-refractivity contribution in [2.24, 2.45) is 5.92 Å². The van der Waals surface area contributed by atoms with Gasteiger partial charge in [-0.25, -0.2) is 0 Å². The standard InChI is InChI=1S/C13H24F3N/c1-2-10-17-12(11-6-3-4-7-11)8-5-9-13(14,15)16/h11-12,17H,2-10H2,1H3. The summed E-state index contributed by atoms with van der Waals surface area (Å²) in [6, 6.07) is 0.305. The molecule has 0 bridgehead atoms. The van der Waals surface area contributed by atoms with Gasteiger partial charge in [0.15, 0.2) is 0 Å². The highest BCUT2D eigenvalue weighted by Gasteiger charge is 2.29. The van der Waals surface area contributed by atoms with Gasteiger partial charge in [0.1, 0.15) is 0 Å². The minimum absolute atomic E-state index is 0.265. The highest BCUT2D eigenvalue weighted by atomic mass is 19.4. The number of rotatable bonds is 7. The smallest absolute Gasteiger partial charge is 0.314 e. The summed E-state index contributed by atoms with van der Waals surface area (Å²) in [5, 5.41) is 3.43. The molecule has 1 fully saturated rings. The maximum absolute atomic E-state index is 12.1. The first-order valence-corrected chi connectivity index (χ1v) is 6.83. The van der Waals surface area contributed by atoms with Crippen molar-refractivity contribution in [2.75, 3.05) is 6.54 Å². The molecule has 0 radical (unpaired) electrons. The summed E-state index contributed by atoms with van der Waals surface area (Å²) in [7, 11) is 0. The number of halogens is 3. The summed E-state index contributed by atoms with van der Waals surface area (Å²) in [5.74, 6) is 0.606. The number of hydrogen-bond donors (Lipinski definition) is 1. The van der Waals surface area contributed by atoms with Crippen LogP contribution in [0.4, 0.5) is 13.2 Å². The normalized spacial score (nSPS) is 19.8. The van der Waals surface area contributed by atoms with E-state index >= 15 is 0 Å². The molecule has 1 nitrogen and oxygen atoms in total. The van der Waals surface area contributed by atoms with E-state index in [1.807, 2.05) is 0 Å². The molecule has 1 saturated carbocycles. The van der Waals surface area contributed by atoms with Crippen molar-refractivity contribution >= 4 is 0 Å². The average Bonchev–Trinajstić information content (AvgIpc) is 2.74. The molecule has 1 N–H and O–H groups in total. The van der Waals surface area contributed by atoms with Crippen LogP contribution in [0.2, 0.25) is 0 Å². The molecule has 0 aromatic heterocycles. The van der Waals surface area contributed by atoms with Gasteiger partial charge in [0, 0.05) is 12.5 Å². The molecule has 1 unspecified atom stereocenters. The maximum atomic E-state index is 12.1.